The minimum absolute atomic E-state index is 1.16. The first-order chi connectivity index (χ1) is 8.22. The molecule has 0 heterocycles. The van der Waals surface area contributed by atoms with Gasteiger partial charge in [-0.3, -0.25) is 0 Å². The number of hydrogen-bond acceptors (Lipinski definition) is 0. The average molecular weight is 236 g/mol. The van der Waals surface area contributed by atoms with Crippen molar-refractivity contribution in [3.05, 3.63) is 34.4 Å². The maximum atomic E-state index is 2.33. The van der Waals surface area contributed by atoms with E-state index in [1.165, 1.54) is 12.0 Å². The lowest BCUT2D eigenvalue weighted by Crippen LogP contribution is -1.98. The van der Waals surface area contributed by atoms with Crippen LogP contribution in [0, 0.1) is 6.92 Å². The summed E-state index contributed by atoms with van der Waals surface area (Å²) in [5.41, 5.74) is 6.07. The number of benzene rings is 1. The first kappa shape index (κ1) is 18.6. The molecular weight excluding hydrogens is 204 g/mol. The molecule has 0 aliphatic heterocycles. The summed E-state index contributed by atoms with van der Waals surface area (Å²) < 4.78 is 0. The third-order valence-corrected chi connectivity index (χ3v) is 2.69. The van der Waals surface area contributed by atoms with Crippen LogP contribution in [0.15, 0.2) is 12.1 Å². The van der Waals surface area contributed by atoms with Gasteiger partial charge in [-0.2, -0.15) is 0 Å². The van der Waals surface area contributed by atoms with Crippen molar-refractivity contribution in [2.75, 3.05) is 0 Å². The summed E-state index contributed by atoms with van der Waals surface area (Å²) in [6.07, 6.45) is 3.50. The Kier molecular flexibility index (Phi) is 12.8. The second-order valence-corrected chi connectivity index (χ2v) is 3.62. The van der Waals surface area contributed by atoms with Crippen molar-refractivity contribution in [2.24, 2.45) is 0 Å². The van der Waals surface area contributed by atoms with Crippen LogP contribution in [0.25, 0.3) is 0 Å². The number of aryl methyl sites for hydroxylation is 3. The summed E-state index contributed by atoms with van der Waals surface area (Å²) in [4.78, 5) is 0. The van der Waals surface area contributed by atoms with Gasteiger partial charge in [-0.05, 0) is 42.9 Å². The molecule has 100 valence electrons. The number of rotatable bonds is 3. The van der Waals surface area contributed by atoms with Gasteiger partial charge in [0.2, 0.25) is 0 Å². The molecule has 0 aromatic heterocycles. The van der Waals surface area contributed by atoms with Crippen molar-refractivity contribution in [3.63, 3.8) is 0 Å². The standard InChI is InChI=1S/C13H20.2C2H6/c1-5-11-8-10(4)9-12(6-2)13(11)7-3;2*1-2/h8-9H,5-7H2,1-4H3;2*1-2H3. The molecule has 1 aromatic carbocycles. The molecule has 0 aliphatic carbocycles. The van der Waals surface area contributed by atoms with Crippen molar-refractivity contribution < 1.29 is 0 Å². The van der Waals surface area contributed by atoms with Gasteiger partial charge in [-0.25, -0.2) is 0 Å². The van der Waals surface area contributed by atoms with Gasteiger partial charge in [0.05, 0.1) is 0 Å². The van der Waals surface area contributed by atoms with Crippen LogP contribution in [0.3, 0.4) is 0 Å². The fourth-order valence-corrected chi connectivity index (χ4v) is 2.06. The van der Waals surface area contributed by atoms with Crippen molar-refractivity contribution >= 4 is 0 Å². The van der Waals surface area contributed by atoms with E-state index in [1.54, 1.807) is 16.7 Å². The summed E-state index contributed by atoms with van der Waals surface area (Å²) in [5.74, 6) is 0. The quantitative estimate of drug-likeness (QED) is 0.628. The molecule has 1 aromatic rings. The molecule has 0 atom stereocenters. The summed E-state index contributed by atoms with van der Waals surface area (Å²) in [6.45, 7) is 16.9. The first-order valence-electron chi connectivity index (χ1n) is 7.34. The summed E-state index contributed by atoms with van der Waals surface area (Å²) in [6, 6.07) is 4.66. The lowest BCUT2D eigenvalue weighted by Gasteiger charge is -2.12. The summed E-state index contributed by atoms with van der Waals surface area (Å²) in [5, 5.41) is 0. The van der Waals surface area contributed by atoms with Crippen LogP contribution < -0.4 is 0 Å². The number of hydrogen-bond donors (Lipinski definition) is 0. The lowest BCUT2D eigenvalue weighted by molar-refractivity contribution is 0.975. The minimum atomic E-state index is 1.16. The van der Waals surface area contributed by atoms with E-state index in [0.717, 1.165) is 12.8 Å². The van der Waals surface area contributed by atoms with Crippen molar-refractivity contribution in [3.8, 4) is 0 Å². The van der Waals surface area contributed by atoms with Gasteiger partial charge in [-0.1, -0.05) is 66.2 Å². The van der Waals surface area contributed by atoms with E-state index in [1.807, 2.05) is 27.7 Å². The molecule has 0 amide bonds. The van der Waals surface area contributed by atoms with Crippen LogP contribution in [0.1, 0.15) is 70.7 Å². The van der Waals surface area contributed by atoms with E-state index in [0.29, 0.717) is 0 Å². The normalized spacial score (nSPS) is 8.71. The van der Waals surface area contributed by atoms with Crippen LogP contribution in [-0.4, -0.2) is 0 Å². The molecule has 0 unspecified atom stereocenters. The highest BCUT2D eigenvalue weighted by molar-refractivity contribution is 5.39. The van der Waals surface area contributed by atoms with Gasteiger partial charge >= 0.3 is 0 Å². The van der Waals surface area contributed by atoms with Crippen LogP contribution in [0.5, 0.6) is 0 Å². The van der Waals surface area contributed by atoms with E-state index in [9.17, 15) is 0 Å². The van der Waals surface area contributed by atoms with Gasteiger partial charge < -0.3 is 0 Å². The summed E-state index contributed by atoms with van der Waals surface area (Å²) >= 11 is 0. The molecule has 0 spiro atoms. The largest absolute Gasteiger partial charge is 0.0683 e. The second kappa shape index (κ2) is 11.7. The van der Waals surface area contributed by atoms with Gasteiger partial charge in [0.15, 0.2) is 0 Å². The van der Waals surface area contributed by atoms with E-state index in [2.05, 4.69) is 39.8 Å². The molecule has 0 nitrogen and oxygen atoms in total. The molecule has 17 heavy (non-hydrogen) atoms. The second-order valence-electron chi connectivity index (χ2n) is 3.62. The van der Waals surface area contributed by atoms with Crippen molar-refractivity contribution in [1.29, 1.82) is 0 Å². The Hall–Kier alpha value is -0.780. The Morgan fingerprint density at radius 3 is 1.29 bits per heavy atom. The first-order valence-corrected chi connectivity index (χ1v) is 7.34. The Morgan fingerprint density at radius 2 is 1.06 bits per heavy atom. The maximum absolute atomic E-state index is 2.33. The Morgan fingerprint density at radius 1 is 0.706 bits per heavy atom. The van der Waals surface area contributed by atoms with E-state index < -0.39 is 0 Å². The fraction of sp³-hybridized carbons (Fsp3) is 0.647. The zero-order valence-corrected chi connectivity index (χ0v) is 13.3. The highest BCUT2D eigenvalue weighted by Crippen LogP contribution is 2.19. The zero-order valence-electron chi connectivity index (χ0n) is 13.3. The van der Waals surface area contributed by atoms with Crippen molar-refractivity contribution in [1.82, 2.24) is 0 Å². The Bertz CT molecular complexity index is 259. The predicted octanol–water partition coefficient (Wildman–Crippen LogP) is 5.73. The predicted molar refractivity (Wildman–Crippen MR) is 82.0 cm³/mol. The maximum Gasteiger partial charge on any atom is -0.0302 e. The Balaban J connectivity index is 0. The van der Waals surface area contributed by atoms with Gasteiger partial charge in [-0.15, -0.1) is 0 Å². The monoisotopic (exact) mass is 236 g/mol. The van der Waals surface area contributed by atoms with E-state index in [-0.39, 0.29) is 0 Å². The molecule has 1 rings (SSSR count). The van der Waals surface area contributed by atoms with Crippen LogP contribution in [-0.2, 0) is 19.3 Å². The topological polar surface area (TPSA) is 0 Å². The zero-order chi connectivity index (χ0) is 13.8. The molecule has 0 heteroatoms. The average Bonchev–Trinajstić information content (AvgIpc) is 2.42. The Labute approximate surface area is 109 Å². The fourth-order valence-electron chi connectivity index (χ4n) is 2.06. The van der Waals surface area contributed by atoms with Gasteiger partial charge in [0.25, 0.3) is 0 Å². The van der Waals surface area contributed by atoms with Crippen molar-refractivity contribution in [2.45, 2.75) is 74.7 Å². The third kappa shape index (κ3) is 5.91. The molecular formula is C17H32. The highest BCUT2D eigenvalue weighted by atomic mass is 14.1. The van der Waals surface area contributed by atoms with E-state index >= 15 is 0 Å². The molecule has 0 bridgehead atoms. The molecule has 0 saturated heterocycles. The van der Waals surface area contributed by atoms with Crippen LogP contribution in [0.4, 0.5) is 0 Å². The molecule has 0 radical (unpaired) electrons. The minimum Gasteiger partial charge on any atom is -0.0683 e. The summed E-state index contributed by atoms with van der Waals surface area (Å²) in [7, 11) is 0. The van der Waals surface area contributed by atoms with E-state index in [4.69, 9.17) is 0 Å². The molecule has 0 fully saturated rings. The third-order valence-electron chi connectivity index (χ3n) is 2.69. The van der Waals surface area contributed by atoms with Crippen LogP contribution in [0.2, 0.25) is 0 Å². The van der Waals surface area contributed by atoms with Crippen LogP contribution >= 0.6 is 0 Å². The molecule has 0 aliphatic rings. The smallest absolute Gasteiger partial charge is 0.0302 e. The molecule has 0 N–H and O–H groups in total. The molecule has 0 saturated carbocycles. The van der Waals surface area contributed by atoms with Gasteiger partial charge in [0.1, 0.15) is 0 Å². The van der Waals surface area contributed by atoms with Gasteiger partial charge in [0, 0.05) is 0 Å². The highest BCUT2D eigenvalue weighted by Gasteiger charge is 2.04. The SMILES string of the molecule is CC.CC.CCc1cc(C)cc(CC)c1CC. The lowest BCUT2D eigenvalue weighted by atomic mass is 9.93.